The van der Waals surface area contributed by atoms with Crippen molar-refractivity contribution in [3.63, 3.8) is 0 Å². The maximum absolute atomic E-state index is 11.2. The normalized spacial score (nSPS) is 9.86. The minimum atomic E-state index is -0.354. The third kappa shape index (κ3) is 2.42. The van der Waals surface area contributed by atoms with Crippen LogP contribution in [0.2, 0.25) is 0 Å². The van der Waals surface area contributed by atoms with Gasteiger partial charge in [-0.2, -0.15) is 11.8 Å². The van der Waals surface area contributed by atoms with Gasteiger partial charge in [0.1, 0.15) is 0 Å². The largest absolute Gasteiger partial charge is 0.465 e. The summed E-state index contributed by atoms with van der Waals surface area (Å²) in [7, 11) is 1.36. The Labute approximate surface area is 87.6 Å². The second-order valence-corrected chi connectivity index (χ2v) is 3.70. The topological polar surface area (TPSA) is 52.3 Å². The number of rotatable bonds is 3. The number of benzene rings is 1. The smallest absolute Gasteiger partial charge is 0.337 e. The quantitative estimate of drug-likeness (QED) is 0.613. The van der Waals surface area contributed by atoms with Crippen molar-refractivity contribution in [2.45, 2.75) is 5.75 Å². The first kappa shape index (κ1) is 10.9. The summed E-state index contributed by atoms with van der Waals surface area (Å²) < 4.78 is 4.59. The zero-order valence-corrected chi connectivity index (χ0v) is 9.06. The Morgan fingerprint density at radius 1 is 1.57 bits per heavy atom. The van der Waals surface area contributed by atoms with Gasteiger partial charge in [0.05, 0.1) is 12.7 Å². The van der Waals surface area contributed by atoms with E-state index in [0.29, 0.717) is 11.3 Å². The number of thioether (sulfide) groups is 1. The lowest BCUT2D eigenvalue weighted by Crippen LogP contribution is -2.03. The summed E-state index contributed by atoms with van der Waals surface area (Å²) in [6.07, 6.45) is 2.01. The fraction of sp³-hybridized carbons (Fsp3) is 0.300. The van der Waals surface area contributed by atoms with Crippen LogP contribution in [0.5, 0.6) is 0 Å². The van der Waals surface area contributed by atoms with E-state index < -0.39 is 0 Å². The molecule has 76 valence electrons. The number of nitrogen functional groups attached to an aromatic ring is 1. The number of hydrogen-bond donors (Lipinski definition) is 1. The van der Waals surface area contributed by atoms with Crippen molar-refractivity contribution in [3.05, 3.63) is 29.3 Å². The molecule has 0 saturated heterocycles. The maximum Gasteiger partial charge on any atom is 0.337 e. The lowest BCUT2D eigenvalue weighted by molar-refractivity contribution is 0.0601. The van der Waals surface area contributed by atoms with Gasteiger partial charge in [0, 0.05) is 11.4 Å². The van der Waals surface area contributed by atoms with E-state index in [1.165, 1.54) is 7.11 Å². The van der Waals surface area contributed by atoms with Crippen molar-refractivity contribution in [3.8, 4) is 0 Å². The molecule has 0 saturated carbocycles. The van der Waals surface area contributed by atoms with Crippen molar-refractivity contribution in [2.75, 3.05) is 19.1 Å². The van der Waals surface area contributed by atoms with Crippen molar-refractivity contribution >= 4 is 23.4 Å². The number of carbonyl (C=O) groups is 1. The van der Waals surface area contributed by atoms with Crippen LogP contribution in [0.25, 0.3) is 0 Å². The summed E-state index contributed by atoms with van der Waals surface area (Å²) in [6.45, 7) is 0. The molecule has 0 aliphatic carbocycles. The standard InChI is InChI=1S/C10H13NO2S/c1-13-10(12)7-3-4-8(6-14-2)9(11)5-7/h3-5H,6,11H2,1-2H3. The minimum Gasteiger partial charge on any atom is -0.465 e. The molecule has 0 fully saturated rings. The zero-order valence-electron chi connectivity index (χ0n) is 8.24. The van der Waals surface area contributed by atoms with Gasteiger partial charge in [0.25, 0.3) is 0 Å². The summed E-state index contributed by atoms with van der Waals surface area (Å²) in [5, 5.41) is 0. The molecule has 1 rings (SSSR count). The summed E-state index contributed by atoms with van der Waals surface area (Å²) in [6, 6.07) is 5.24. The van der Waals surface area contributed by atoms with Gasteiger partial charge >= 0.3 is 5.97 Å². The van der Waals surface area contributed by atoms with Crippen LogP contribution in [0.4, 0.5) is 5.69 Å². The Kier molecular flexibility index (Phi) is 3.83. The predicted octanol–water partition coefficient (Wildman–Crippen LogP) is 1.92. The van der Waals surface area contributed by atoms with Crippen LogP contribution in [0.15, 0.2) is 18.2 Å². The van der Waals surface area contributed by atoms with Crippen LogP contribution in [0, 0.1) is 0 Å². The van der Waals surface area contributed by atoms with Gasteiger partial charge in [-0.3, -0.25) is 0 Å². The molecule has 0 spiro atoms. The van der Waals surface area contributed by atoms with Crippen LogP contribution in [-0.2, 0) is 10.5 Å². The zero-order chi connectivity index (χ0) is 10.6. The molecule has 0 bridgehead atoms. The average molecular weight is 211 g/mol. The second kappa shape index (κ2) is 4.91. The van der Waals surface area contributed by atoms with Gasteiger partial charge in [-0.05, 0) is 24.0 Å². The SMILES string of the molecule is COC(=O)c1ccc(CSC)c(N)c1. The Bertz CT molecular complexity index is 339. The number of esters is 1. The van der Waals surface area contributed by atoms with Crippen LogP contribution in [0.3, 0.4) is 0 Å². The van der Waals surface area contributed by atoms with E-state index in [1.807, 2.05) is 12.3 Å². The van der Waals surface area contributed by atoms with Gasteiger partial charge < -0.3 is 10.5 Å². The first-order valence-electron chi connectivity index (χ1n) is 4.14. The summed E-state index contributed by atoms with van der Waals surface area (Å²) in [4.78, 5) is 11.2. The van der Waals surface area contributed by atoms with E-state index in [0.717, 1.165) is 11.3 Å². The van der Waals surface area contributed by atoms with Crippen molar-refractivity contribution in [1.29, 1.82) is 0 Å². The highest BCUT2D eigenvalue weighted by Gasteiger charge is 2.07. The molecular weight excluding hydrogens is 198 g/mol. The predicted molar refractivity (Wildman–Crippen MR) is 59.4 cm³/mol. The number of hydrogen-bond acceptors (Lipinski definition) is 4. The monoisotopic (exact) mass is 211 g/mol. The number of anilines is 1. The molecule has 1 aromatic rings. The molecule has 0 atom stereocenters. The fourth-order valence-corrected chi connectivity index (χ4v) is 1.70. The third-order valence-electron chi connectivity index (χ3n) is 1.87. The summed E-state index contributed by atoms with van der Waals surface area (Å²) >= 11 is 1.69. The van der Waals surface area contributed by atoms with E-state index in [2.05, 4.69) is 4.74 Å². The molecule has 3 nitrogen and oxygen atoms in total. The Morgan fingerprint density at radius 2 is 2.29 bits per heavy atom. The van der Waals surface area contributed by atoms with E-state index in [1.54, 1.807) is 23.9 Å². The number of methoxy groups -OCH3 is 1. The van der Waals surface area contributed by atoms with Crippen LogP contribution < -0.4 is 5.73 Å². The molecule has 0 aromatic heterocycles. The first-order valence-corrected chi connectivity index (χ1v) is 5.54. The van der Waals surface area contributed by atoms with Crippen molar-refractivity contribution in [2.24, 2.45) is 0 Å². The maximum atomic E-state index is 11.2. The highest BCUT2D eigenvalue weighted by molar-refractivity contribution is 7.97. The highest BCUT2D eigenvalue weighted by atomic mass is 32.2. The number of nitrogens with two attached hydrogens (primary N) is 1. The molecule has 1 aromatic carbocycles. The fourth-order valence-electron chi connectivity index (χ4n) is 1.13. The van der Waals surface area contributed by atoms with Crippen LogP contribution >= 0.6 is 11.8 Å². The first-order chi connectivity index (χ1) is 6.69. The second-order valence-electron chi connectivity index (χ2n) is 2.84. The molecule has 0 aliphatic heterocycles. The van der Waals surface area contributed by atoms with Gasteiger partial charge in [-0.25, -0.2) is 4.79 Å². The van der Waals surface area contributed by atoms with Crippen LogP contribution in [0.1, 0.15) is 15.9 Å². The third-order valence-corrected chi connectivity index (χ3v) is 2.47. The van der Waals surface area contributed by atoms with Crippen molar-refractivity contribution in [1.82, 2.24) is 0 Å². The van der Waals surface area contributed by atoms with Gasteiger partial charge in [0.15, 0.2) is 0 Å². The molecule has 4 heteroatoms. The molecule has 0 aliphatic rings. The molecule has 14 heavy (non-hydrogen) atoms. The average Bonchev–Trinajstić information content (AvgIpc) is 2.20. The van der Waals surface area contributed by atoms with E-state index in [9.17, 15) is 4.79 Å². The van der Waals surface area contributed by atoms with E-state index in [-0.39, 0.29) is 5.97 Å². The molecule has 0 radical (unpaired) electrons. The Hall–Kier alpha value is -1.16. The molecular formula is C10H13NO2S. The van der Waals surface area contributed by atoms with Crippen LogP contribution in [-0.4, -0.2) is 19.3 Å². The number of carbonyl (C=O) groups excluding carboxylic acids is 1. The summed E-state index contributed by atoms with van der Waals surface area (Å²) in [5.41, 5.74) is 7.96. The van der Waals surface area contributed by atoms with Gasteiger partial charge in [0.2, 0.25) is 0 Å². The van der Waals surface area contributed by atoms with E-state index >= 15 is 0 Å². The lowest BCUT2D eigenvalue weighted by Gasteiger charge is -2.05. The lowest BCUT2D eigenvalue weighted by atomic mass is 10.1. The Morgan fingerprint density at radius 3 is 2.79 bits per heavy atom. The van der Waals surface area contributed by atoms with Gasteiger partial charge in [-0.1, -0.05) is 6.07 Å². The molecule has 2 N–H and O–H groups in total. The molecule has 0 heterocycles. The Balaban J connectivity index is 2.94. The highest BCUT2D eigenvalue weighted by Crippen LogP contribution is 2.19. The minimum absolute atomic E-state index is 0.354. The molecule has 0 amide bonds. The molecule has 0 unspecified atom stereocenters. The summed E-state index contributed by atoms with van der Waals surface area (Å²) in [5.74, 6) is 0.500. The van der Waals surface area contributed by atoms with E-state index in [4.69, 9.17) is 5.73 Å². The number of ether oxygens (including phenoxy) is 1. The van der Waals surface area contributed by atoms with Gasteiger partial charge in [-0.15, -0.1) is 0 Å². The van der Waals surface area contributed by atoms with Crippen molar-refractivity contribution < 1.29 is 9.53 Å².